The second kappa shape index (κ2) is 7.18. The van der Waals surface area contributed by atoms with Gasteiger partial charge in [0, 0.05) is 17.3 Å². The molecule has 0 atom stereocenters. The topological polar surface area (TPSA) is 87.7 Å². The van der Waals surface area contributed by atoms with Crippen molar-refractivity contribution in [3.8, 4) is 11.4 Å². The third-order valence-electron chi connectivity index (χ3n) is 4.02. The van der Waals surface area contributed by atoms with Crippen LogP contribution in [0.15, 0.2) is 42.4 Å². The van der Waals surface area contributed by atoms with Crippen molar-refractivity contribution in [2.45, 2.75) is 25.9 Å². The van der Waals surface area contributed by atoms with Crippen LogP contribution in [0.5, 0.6) is 0 Å². The van der Waals surface area contributed by atoms with Crippen LogP contribution in [-0.2, 0) is 10.0 Å². The van der Waals surface area contributed by atoms with Crippen molar-refractivity contribution < 1.29 is 21.6 Å². The first-order valence-electron chi connectivity index (χ1n) is 8.17. The Bertz CT molecular complexity index is 1010. The van der Waals surface area contributed by atoms with E-state index in [4.69, 9.17) is 0 Å². The van der Waals surface area contributed by atoms with Gasteiger partial charge in [-0.25, -0.2) is 13.4 Å². The molecule has 2 aromatic rings. The zero-order chi connectivity index (χ0) is 19.7. The van der Waals surface area contributed by atoms with E-state index in [1.165, 1.54) is 25.5 Å². The molecule has 0 spiro atoms. The average molecular weight is 398 g/mol. The Hall–Kier alpha value is -2.62. The number of hydrogen-bond acceptors (Lipinski definition) is 4. The average Bonchev–Trinajstić information content (AvgIpc) is 3.11. The third kappa shape index (κ3) is 4.57. The Morgan fingerprint density at radius 3 is 2.74 bits per heavy atom. The van der Waals surface area contributed by atoms with Gasteiger partial charge in [-0.2, -0.15) is 13.2 Å². The van der Waals surface area contributed by atoms with Gasteiger partial charge in [0.25, 0.3) is 0 Å². The largest absolute Gasteiger partial charge is 0.412 e. The fourth-order valence-electron chi connectivity index (χ4n) is 2.60. The fourth-order valence-corrected chi connectivity index (χ4v) is 3.22. The summed E-state index contributed by atoms with van der Waals surface area (Å²) in [5.41, 5.74) is 1.08. The van der Waals surface area contributed by atoms with Gasteiger partial charge in [0.05, 0.1) is 29.5 Å². The summed E-state index contributed by atoms with van der Waals surface area (Å²) >= 11 is 0. The molecular formula is C17H17F3N4O2S. The van der Waals surface area contributed by atoms with E-state index in [1.807, 2.05) is 0 Å². The molecule has 0 radical (unpaired) electrons. The molecule has 2 aromatic heterocycles. The summed E-state index contributed by atoms with van der Waals surface area (Å²) < 4.78 is 64.5. The predicted molar refractivity (Wildman–Crippen MR) is 96.3 cm³/mol. The number of nitrogens with one attached hydrogen (secondary N) is 2. The van der Waals surface area contributed by atoms with Crippen LogP contribution in [0.4, 0.5) is 18.9 Å². The summed E-state index contributed by atoms with van der Waals surface area (Å²) in [5.74, 6) is 0.299. The van der Waals surface area contributed by atoms with Crippen LogP contribution in [0, 0.1) is 0 Å². The van der Waals surface area contributed by atoms with Crippen LogP contribution in [0.25, 0.3) is 17.0 Å². The number of allylic oxidation sites excluding steroid dienone is 4. The van der Waals surface area contributed by atoms with Crippen LogP contribution in [0.3, 0.4) is 0 Å². The van der Waals surface area contributed by atoms with Gasteiger partial charge in [0.15, 0.2) is 0 Å². The number of sulfonamides is 1. The Labute approximate surface area is 154 Å². The molecule has 0 aromatic carbocycles. The summed E-state index contributed by atoms with van der Waals surface area (Å²) in [6, 6.07) is 1.55. The fraction of sp³-hybridized carbons (Fsp3) is 0.294. The number of nitrogens with zero attached hydrogens (tertiary/aromatic N) is 2. The van der Waals surface area contributed by atoms with Crippen LogP contribution in [0.1, 0.15) is 25.5 Å². The maximum absolute atomic E-state index is 12.9. The molecule has 0 unspecified atom stereocenters. The lowest BCUT2D eigenvalue weighted by molar-refractivity contribution is -0.0939. The zero-order valence-corrected chi connectivity index (χ0v) is 15.2. The van der Waals surface area contributed by atoms with Gasteiger partial charge in [0.1, 0.15) is 5.82 Å². The number of hydrogen-bond donors (Lipinski definition) is 2. The van der Waals surface area contributed by atoms with Crippen molar-refractivity contribution in [1.29, 1.82) is 0 Å². The number of rotatable bonds is 5. The second-order valence-electron chi connectivity index (χ2n) is 5.98. The molecule has 144 valence electrons. The lowest BCUT2D eigenvalue weighted by Gasteiger charge is -2.15. The van der Waals surface area contributed by atoms with E-state index in [2.05, 4.69) is 19.7 Å². The molecule has 0 bridgehead atoms. The minimum Gasteiger partial charge on any atom is -0.338 e. The lowest BCUT2D eigenvalue weighted by Crippen LogP contribution is -2.14. The highest BCUT2D eigenvalue weighted by atomic mass is 32.2. The number of anilines is 1. The number of aromatic amines is 1. The quantitative estimate of drug-likeness (QED) is 0.800. The highest BCUT2D eigenvalue weighted by Gasteiger charge is 2.34. The summed E-state index contributed by atoms with van der Waals surface area (Å²) in [4.78, 5) is 11.1. The molecule has 1 aliphatic carbocycles. The number of alkyl halides is 3. The van der Waals surface area contributed by atoms with E-state index >= 15 is 0 Å². The monoisotopic (exact) mass is 398 g/mol. The van der Waals surface area contributed by atoms with Gasteiger partial charge in [-0.05, 0) is 37.5 Å². The lowest BCUT2D eigenvalue weighted by atomic mass is 9.97. The molecule has 0 fully saturated rings. The second-order valence-corrected chi connectivity index (χ2v) is 7.99. The molecule has 0 amide bonds. The predicted octanol–water partition coefficient (Wildman–Crippen LogP) is 3.90. The number of imidazole rings is 1. The van der Waals surface area contributed by atoms with Gasteiger partial charge >= 0.3 is 6.18 Å². The van der Waals surface area contributed by atoms with E-state index in [0.29, 0.717) is 29.1 Å². The van der Waals surface area contributed by atoms with Gasteiger partial charge in [-0.1, -0.05) is 6.08 Å². The molecule has 0 saturated carbocycles. The Morgan fingerprint density at radius 2 is 2.04 bits per heavy atom. The Balaban J connectivity index is 1.87. The van der Waals surface area contributed by atoms with E-state index < -0.39 is 21.8 Å². The maximum atomic E-state index is 12.9. The minimum absolute atomic E-state index is 0.0441. The SMILES string of the molecule is CCS(=O)(=O)Nc1cncc(-c2ncc(C3=CCCC(C(F)(F)F)=C3)[nH]2)c1. The number of halogens is 3. The summed E-state index contributed by atoms with van der Waals surface area (Å²) in [7, 11) is -3.45. The molecule has 10 heteroatoms. The normalized spacial score (nSPS) is 15.3. The van der Waals surface area contributed by atoms with Crippen molar-refractivity contribution >= 4 is 21.3 Å². The Kier molecular flexibility index (Phi) is 5.09. The van der Waals surface area contributed by atoms with Crippen molar-refractivity contribution in [2.75, 3.05) is 10.5 Å². The molecule has 2 N–H and O–H groups in total. The first kappa shape index (κ1) is 19.2. The van der Waals surface area contributed by atoms with Crippen molar-refractivity contribution in [1.82, 2.24) is 15.0 Å². The summed E-state index contributed by atoms with van der Waals surface area (Å²) in [6.45, 7) is 1.51. The molecular weight excluding hydrogens is 381 g/mol. The van der Waals surface area contributed by atoms with Crippen molar-refractivity contribution in [2.24, 2.45) is 0 Å². The standard InChI is InChI=1S/C17H17F3N4O2S/c1-2-27(25,26)24-14-7-12(8-21-9-14)16-22-10-15(23-16)11-4-3-5-13(6-11)17(18,19)20/h4,6-10,24H,2-3,5H2,1H3,(H,22,23). The summed E-state index contributed by atoms with van der Waals surface area (Å²) in [6.07, 6.45) is 3.03. The molecule has 27 heavy (non-hydrogen) atoms. The van der Waals surface area contributed by atoms with Crippen LogP contribution in [-0.4, -0.2) is 35.3 Å². The molecule has 1 aliphatic rings. The van der Waals surface area contributed by atoms with Crippen LogP contribution in [0.2, 0.25) is 0 Å². The smallest absolute Gasteiger partial charge is 0.338 e. The highest BCUT2D eigenvalue weighted by Crippen LogP contribution is 2.35. The Morgan fingerprint density at radius 1 is 1.26 bits per heavy atom. The van der Waals surface area contributed by atoms with Crippen LogP contribution < -0.4 is 4.72 Å². The van der Waals surface area contributed by atoms with E-state index in [1.54, 1.807) is 12.1 Å². The highest BCUT2D eigenvalue weighted by molar-refractivity contribution is 7.92. The number of H-pyrrole nitrogens is 1. The van der Waals surface area contributed by atoms with Crippen LogP contribution >= 0.6 is 0 Å². The van der Waals surface area contributed by atoms with E-state index in [-0.39, 0.29) is 17.9 Å². The zero-order valence-electron chi connectivity index (χ0n) is 14.3. The molecule has 6 nitrogen and oxygen atoms in total. The van der Waals surface area contributed by atoms with Crippen molar-refractivity contribution in [3.05, 3.63) is 48.1 Å². The molecule has 0 saturated heterocycles. The van der Waals surface area contributed by atoms with Gasteiger partial charge in [-0.3, -0.25) is 9.71 Å². The minimum atomic E-state index is -4.35. The van der Waals surface area contributed by atoms with E-state index in [0.717, 1.165) is 6.08 Å². The van der Waals surface area contributed by atoms with Gasteiger partial charge in [-0.15, -0.1) is 0 Å². The maximum Gasteiger partial charge on any atom is 0.412 e. The number of aromatic nitrogens is 3. The summed E-state index contributed by atoms with van der Waals surface area (Å²) in [5, 5.41) is 0. The number of pyridine rings is 1. The van der Waals surface area contributed by atoms with E-state index in [9.17, 15) is 21.6 Å². The molecule has 2 heterocycles. The van der Waals surface area contributed by atoms with Gasteiger partial charge in [0.2, 0.25) is 10.0 Å². The molecule has 3 rings (SSSR count). The van der Waals surface area contributed by atoms with Gasteiger partial charge < -0.3 is 4.98 Å². The first-order valence-corrected chi connectivity index (χ1v) is 9.82. The molecule has 0 aliphatic heterocycles. The third-order valence-corrected chi connectivity index (χ3v) is 5.33. The van der Waals surface area contributed by atoms with Crippen molar-refractivity contribution in [3.63, 3.8) is 0 Å². The first-order chi connectivity index (χ1) is 12.7.